The molecule has 1 aliphatic carbocycles. The summed E-state index contributed by atoms with van der Waals surface area (Å²) < 4.78 is 0. The Labute approximate surface area is 167 Å². The summed E-state index contributed by atoms with van der Waals surface area (Å²) in [4.78, 5) is 28.2. The van der Waals surface area contributed by atoms with Crippen molar-refractivity contribution < 1.29 is 9.59 Å². The Kier molecular flexibility index (Phi) is 6.50. The molecule has 2 amide bonds. The highest BCUT2D eigenvalue weighted by molar-refractivity contribution is 6.11. The van der Waals surface area contributed by atoms with Crippen molar-refractivity contribution in [2.24, 2.45) is 5.41 Å². The summed E-state index contributed by atoms with van der Waals surface area (Å²) in [6.45, 7) is 3.90. The van der Waals surface area contributed by atoms with Crippen molar-refractivity contribution in [1.82, 2.24) is 5.32 Å². The normalized spacial score (nSPS) is 15.1. The molecule has 0 atom stereocenters. The fraction of sp³-hybridized carbons (Fsp3) is 0.417. The summed E-state index contributed by atoms with van der Waals surface area (Å²) in [5, 5.41) is 3.12. The van der Waals surface area contributed by atoms with Gasteiger partial charge in [-0.15, -0.1) is 0 Å². The van der Waals surface area contributed by atoms with Gasteiger partial charge in [0.25, 0.3) is 0 Å². The van der Waals surface area contributed by atoms with Crippen LogP contribution in [0.3, 0.4) is 0 Å². The van der Waals surface area contributed by atoms with Crippen LogP contribution in [0.25, 0.3) is 0 Å². The molecular formula is C24H30N2O2. The Morgan fingerprint density at radius 3 is 2.11 bits per heavy atom. The molecule has 3 rings (SSSR count). The van der Waals surface area contributed by atoms with Crippen LogP contribution in [0.2, 0.25) is 0 Å². The number of benzene rings is 2. The molecule has 0 bridgehead atoms. The average Bonchev–Trinajstić information content (AvgIpc) is 2.73. The van der Waals surface area contributed by atoms with Crippen molar-refractivity contribution in [3.63, 3.8) is 0 Å². The molecule has 1 aliphatic rings. The third-order valence-electron chi connectivity index (χ3n) is 5.54. The largest absolute Gasteiger partial charge is 0.352 e. The molecule has 2 aromatic rings. The fourth-order valence-corrected chi connectivity index (χ4v) is 3.70. The van der Waals surface area contributed by atoms with Crippen LogP contribution in [-0.2, 0) is 16.1 Å². The molecule has 1 saturated carbocycles. The summed E-state index contributed by atoms with van der Waals surface area (Å²) in [5.74, 6) is -0.366. The van der Waals surface area contributed by atoms with Crippen LogP contribution in [0.1, 0.15) is 51.5 Å². The maximum atomic E-state index is 13.5. The number of nitrogens with zero attached hydrogens (tertiary/aromatic N) is 1. The molecule has 4 nitrogen and oxygen atoms in total. The van der Waals surface area contributed by atoms with Gasteiger partial charge in [0, 0.05) is 11.7 Å². The quantitative estimate of drug-likeness (QED) is 0.741. The second-order valence-electron chi connectivity index (χ2n) is 8.15. The van der Waals surface area contributed by atoms with Crippen LogP contribution >= 0.6 is 0 Å². The molecule has 0 unspecified atom stereocenters. The van der Waals surface area contributed by atoms with E-state index in [1.165, 1.54) is 6.42 Å². The highest BCUT2D eigenvalue weighted by Crippen LogP contribution is 2.27. The lowest BCUT2D eigenvalue weighted by Gasteiger charge is -2.33. The Balaban J connectivity index is 1.81. The molecule has 0 radical (unpaired) electrons. The molecule has 0 spiro atoms. The van der Waals surface area contributed by atoms with Gasteiger partial charge in [0.2, 0.25) is 11.8 Å². The fourth-order valence-electron chi connectivity index (χ4n) is 3.70. The summed E-state index contributed by atoms with van der Waals surface area (Å²) in [5.41, 5.74) is 0.695. The van der Waals surface area contributed by atoms with Crippen LogP contribution < -0.4 is 10.2 Å². The zero-order chi connectivity index (χ0) is 20.0. The lowest BCUT2D eigenvalue weighted by atomic mass is 9.88. The van der Waals surface area contributed by atoms with Crippen LogP contribution in [0, 0.1) is 5.41 Å². The lowest BCUT2D eigenvalue weighted by Crippen LogP contribution is -2.52. The lowest BCUT2D eigenvalue weighted by molar-refractivity contribution is -0.140. The highest BCUT2D eigenvalue weighted by atomic mass is 16.2. The molecule has 0 aromatic heterocycles. The Bertz CT molecular complexity index is 781. The zero-order valence-electron chi connectivity index (χ0n) is 16.9. The van der Waals surface area contributed by atoms with Crippen molar-refractivity contribution in [2.45, 2.75) is 58.5 Å². The van der Waals surface area contributed by atoms with Crippen LogP contribution in [0.5, 0.6) is 0 Å². The van der Waals surface area contributed by atoms with E-state index in [1.54, 1.807) is 18.7 Å². The van der Waals surface area contributed by atoms with Gasteiger partial charge in [-0.05, 0) is 44.4 Å². The number of para-hydroxylation sites is 1. The maximum absolute atomic E-state index is 13.5. The predicted octanol–water partition coefficient (Wildman–Crippen LogP) is 4.69. The van der Waals surface area contributed by atoms with Crippen molar-refractivity contribution in [3.8, 4) is 0 Å². The third kappa shape index (κ3) is 4.80. The molecule has 0 heterocycles. The van der Waals surface area contributed by atoms with E-state index in [1.807, 2.05) is 60.7 Å². The number of amides is 2. The molecule has 2 aromatic carbocycles. The number of carbonyl (C=O) groups excluding carboxylic acids is 2. The SMILES string of the molecule is CC(C)(C(=O)NC1CCCCC1)C(=O)N(Cc1ccccc1)c1ccccc1. The Morgan fingerprint density at radius 1 is 0.929 bits per heavy atom. The van der Waals surface area contributed by atoms with E-state index in [4.69, 9.17) is 0 Å². The minimum absolute atomic E-state index is 0.182. The first-order chi connectivity index (χ1) is 13.5. The number of anilines is 1. The van der Waals surface area contributed by atoms with Gasteiger partial charge < -0.3 is 10.2 Å². The van der Waals surface area contributed by atoms with Gasteiger partial charge in [0.05, 0.1) is 6.54 Å². The first-order valence-electron chi connectivity index (χ1n) is 10.2. The summed E-state index contributed by atoms with van der Waals surface area (Å²) in [6, 6.07) is 19.6. The van der Waals surface area contributed by atoms with Gasteiger partial charge >= 0.3 is 0 Å². The average molecular weight is 379 g/mol. The molecule has 148 valence electrons. The summed E-state index contributed by atoms with van der Waals surface area (Å²) in [6.07, 6.45) is 5.52. The van der Waals surface area contributed by atoms with E-state index in [2.05, 4.69) is 5.32 Å². The predicted molar refractivity (Wildman–Crippen MR) is 113 cm³/mol. The van der Waals surface area contributed by atoms with Gasteiger partial charge in [-0.1, -0.05) is 67.8 Å². The van der Waals surface area contributed by atoms with Crippen molar-refractivity contribution in [1.29, 1.82) is 0 Å². The molecule has 1 fully saturated rings. The summed E-state index contributed by atoms with van der Waals surface area (Å²) >= 11 is 0. The van der Waals surface area contributed by atoms with Gasteiger partial charge in [-0.3, -0.25) is 9.59 Å². The van der Waals surface area contributed by atoms with Gasteiger partial charge in [-0.2, -0.15) is 0 Å². The van der Waals surface area contributed by atoms with E-state index in [0.29, 0.717) is 6.54 Å². The van der Waals surface area contributed by atoms with Crippen molar-refractivity contribution >= 4 is 17.5 Å². The standard InChI is InChI=1S/C24H30N2O2/c1-24(2,22(27)25-20-14-8-4-9-15-20)23(28)26(21-16-10-5-11-17-21)18-19-12-6-3-7-13-19/h3,5-7,10-13,16-17,20H,4,8-9,14-15,18H2,1-2H3,(H,25,27). The van der Waals surface area contributed by atoms with Gasteiger partial charge in [0.15, 0.2) is 0 Å². The molecule has 0 saturated heterocycles. The maximum Gasteiger partial charge on any atom is 0.242 e. The van der Waals surface area contributed by atoms with Gasteiger partial charge in [0.1, 0.15) is 5.41 Å². The minimum atomic E-state index is -1.14. The van der Waals surface area contributed by atoms with Crippen molar-refractivity contribution in [2.75, 3.05) is 4.90 Å². The minimum Gasteiger partial charge on any atom is -0.352 e. The Hall–Kier alpha value is -2.62. The number of carbonyl (C=O) groups is 2. The third-order valence-corrected chi connectivity index (χ3v) is 5.54. The number of hydrogen-bond donors (Lipinski definition) is 1. The molecule has 0 aliphatic heterocycles. The van der Waals surface area contributed by atoms with E-state index < -0.39 is 5.41 Å². The Morgan fingerprint density at radius 2 is 1.50 bits per heavy atom. The number of hydrogen-bond acceptors (Lipinski definition) is 2. The molecule has 4 heteroatoms. The van der Waals surface area contributed by atoms with Crippen molar-refractivity contribution in [3.05, 3.63) is 66.2 Å². The second-order valence-corrected chi connectivity index (χ2v) is 8.15. The highest BCUT2D eigenvalue weighted by Gasteiger charge is 2.40. The number of rotatable bonds is 6. The van der Waals surface area contributed by atoms with Crippen LogP contribution in [0.4, 0.5) is 5.69 Å². The molecule has 1 N–H and O–H groups in total. The zero-order valence-corrected chi connectivity index (χ0v) is 16.9. The topological polar surface area (TPSA) is 49.4 Å². The van der Waals surface area contributed by atoms with Gasteiger partial charge in [-0.25, -0.2) is 0 Å². The second kappa shape index (κ2) is 9.05. The molecular weight excluding hydrogens is 348 g/mol. The van der Waals surface area contributed by atoms with E-state index in [0.717, 1.165) is 36.9 Å². The first-order valence-corrected chi connectivity index (χ1v) is 10.2. The van der Waals surface area contributed by atoms with Crippen LogP contribution in [-0.4, -0.2) is 17.9 Å². The van der Waals surface area contributed by atoms with Crippen LogP contribution in [0.15, 0.2) is 60.7 Å². The first kappa shape index (κ1) is 20.1. The van der Waals surface area contributed by atoms with E-state index in [9.17, 15) is 9.59 Å². The monoisotopic (exact) mass is 378 g/mol. The molecule has 28 heavy (non-hydrogen) atoms. The van der Waals surface area contributed by atoms with E-state index in [-0.39, 0.29) is 17.9 Å². The number of nitrogens with one attached hydrogen (secondary N) is 1. The summed E-state index contributed by atoms with van der Waals surface area (Å²) in [7, 11) is 0. The van der Waals surface area contributed by atoms with E-state index >= 15 is 0 Å². The smallest absolute Gasteiger partial charge is 0.242 e.